The third-order valence-corrected chi connectivity index (χ3v) is 18.4. The van der Waals surface area contributed by atoms with Crippen LogP contribution in [0.4, 0.5) is 0 Å². The second-order valence-corrected chi connectivity index (χ2v) is 20.5. The Morgan fingerprint density at radius 2 is 1.45 bits per heavy atom. The van der Waals surface area contributed by atoms with Gasteiger partial charge in [0, 0.05) is 0 Å². The maximum Gasteiger partial charge on any atom is 0.124 e. The van der Waals surface area contributed by atoms with Crippen molar-refractivity contribution in [3.05, 3.63) is 0 Å². The Bertz CT molecular complexity index is 227. The first kappa shape index (κ1) is 10.6. The minimum atomic E-state index is -1.29. The van der Waals surface area contributed by atoms with Gasteiger partial charge in [0.25, 0.3) is 0 Å². The van der Waals surface area contributed by atoms with E-state index in [1.54, 1.807) is 0 Å². The van der Waals surface area contributed by atoms with Gasteiger partial charge < -0.3 is 0 Å². The highest BCUT2D eigenvalue weighted by Crippen LogP contribution is 2.16. The molecule has 0 aromatic carbocycles. The fraction of sp³-hybridized carbons (Fsp3) is 0.556. The van der Waals surface area contributed by atoms with Crippen LogP contribution in [0.3, 0.4) is 0 Å². The van der Waals surface area contributed by atoms with E-state index in [-0.39, 0.29) is 0 Å². The van der Waals surface area contributed by atoms with Gasteiger partial charge in [-0.15, -0.1) is 12.0 Å². The molecule has 0 bridgehead atoms. The van der Waals surface area contributed by atoms with Crippen LogP contribution in [0.2, 0.25) is 32.7 Å². The molecule has 0 rings (SSSR count). The molecule has 0 unspecified atom stereocenters. The first-order chi connectivity index (χ1) is 4.81. The van der Waals surface area contributed by atoms with E-state index < -0.39 is 15.2 Å². The Balaban J connectivity index is 4.64. The lowest BCUT2D eigenvalue weighted by Crippen LogP contribution is -2.51. The minimum Gasteiger partial charge on any atom is -0.121 e. The SMILES string of the molecule is C#CC#C[Si](C)(C)[Si](C)(C)C. The fourth-order valence-electron chi connectivity index (χ4n) is 0.380. The molecule has 2 heteroatoms. The molecule has 0 radical (unpaired) electrons. The smallest absolute Gasteiger partial charge is 0.121 e. The Morgan fingerprint density at radius 1 is 1.00 bits per heavy atom. The monoisotopic (exact) mass is 180 g/mol. The molecule has 0 aromatic rings. The molecular formula is C9H16Si2. The predicted octanol–water partition coefficient (Wildman–Crippen LogP) is 2.29. The summed E-state index contributed by atoms with van der Waals surface area (Å²) in [4.78, 5) is 0. The van der Waals surface area contributed by atoms with Gasteiger partial charge in [0.2, 0.25) is 0 Å². The van der Waals surface area contributed by atoms with Crippen LogP contribution in [0.1, 0.15) is 0 Å². The first-order valence-electron chi connectivity index (χ1n) is 3.79. The van der Waals surface area contributed by atoms with Gasteiger partial charge in [-0.2, -0.15) is 0 Å². The average molecular weight is 180 g/mol. The lowest BCUT2D eigenvalue weighted by molar-refractivity contribution is 1.76. The summed E-state index contributed by atoms with van der Waals surface area (Å²) in [7, 11) is -2.34. The van der Waals surface area contributed by atoms with Gasteiger partial charge in [-0.05, 0) is 11.8 Å². The lowest BCUT2D eigenvalue weighted by atomic mass is 10.7. The van der Waals surface area contributed by atoms with Crippen LogP contribution in [0, 0.1) is 23.8 Å². The van der Waals surface area contributed by atoms with Gasteiger partial charge in [0.15, 0.2) is 0 Å². The summed E-state index contributed by atoms with van der Waals surface area (Å²) < 4.78 is 0. The fourth-order valence-corrected chi connectivity index (χ4v) is 2.45. The van der Waals surface area contributed by atoms with Crippen molar-refractivity contribution in [2.24, 2.45) is 0 Å². The molecule has 11 heavy (non-hydrogen) atoms. The van der Waals surface area contributed by atoms with Crippen LogP contribution in [-0.4, -0.2) is 15.2 Å². The van der Waals surface area contributed by atoms with E-state index >= 15 is 0 Å². The second-order valence-electron chi connectivity index (χ2n) is 4.27. The van der Waals surface area contributed by atoms with E-state index in [1.807, 2.05) is 0 Å². The minimum absolute atomic E-state index is 1.05. The van der Waals surface area contributed by atoms with Gasteiger partial charge in [-0.25, -0.2) is 0 Å². The van der Waals surface area contributed by atoms with Crippen molar-refractivity contribution < 1.29 is 0 Å². The standard InChI is InChI=1S/C9H16Si2/c1-7-8-9-11(5,6)10(2,3)4/h1H,2-6H3. The van der Waals surface area contributed by atoms with E-state index in [4.69, 9.17) is 6.42 Å². The number of hydrogen-bond donors (Lipinski definition) is 0. The van der Waals surface area contributed by atoms with Crippen LogP contribution in [0.15, 0.2) is 0 Å². The highest BCUT2D eigenvalue weighted by molar-refractivity contribution is 7.43. The molecule has 0 spiro atoms. The third kappa shape index (κ3) is 2.97. The molecule has 0 amide bonds. The molecule has 0 saturated carbocycles. The zero-order chi connectivity index (χ0) is 9.12. The summed E-state index contributed by atoms with van der Waals surface area (Å²) in [6, 6.07) is 0. The highest BCUT2D eigenvalue weighted by Gasteiger charge is 2.35. The molecule has 0 aliphatic heterocycles. The summed E-state index contributed by atoms with van der Waals surface area (Å²) in [5.41, 5.74) is 3.26. The molecule has 0 fully saturated rings. The van der Waals surface area contributed by atoms with E-state index in [0.29, 0.717) is 0 Å². The molecule has 0 atom stereocenters. The van der Waals surface area contributed by atoms with Gasteiger partial charge in [0.1, 0.15) is 7.59 Å². The van der Waals surface area contributed by atoms with Gasteiger partial charge in [-0.3, -0.25) is 0 Å². The maximum atomic E-state index is 5.09. The van der Waals surface area contributed by atoms with E-state index in [2.05, 4.69) is 50.1 Å². The summed E-state index contributed by atoms with van der Waals surface area (Å²) >= 11 is 0. The van der Waals surface area contributed by atoms with Crippen molar-refractivity contribution in [3.63, 3.8) is 0 Å². The Hall–Kier alpha value is -0.446. The van der Waals surface area contributed by atoms with Crippen molar-refractivity contribution in [1.29, 1.82) is 0 Å². The van der Waals surface area contributed by atoms with Crippen molar-refractivity contribution in [1.82, 2.24) is 0 Å². The second kappa shape index (κ2) is 3.30. The third-order valence-electron chi connectivity index (χ3n) is 2.32. The van der Waals surface area contributed by atoms with E-state index in [9.17, 15) is 0 Å². The zero-order valence-electron chi connectivity index (χ0n) is 8.08. The Labute approximate surface area is 72.2 Å². The number of rotatable bonds is 1. The van der Waals surface area contributed by atoms with Crippen LogP contribution in [0.25, 0.3) is 0 Å². The largest absolute Gasteiger partial charge is 0.124 e. The van der Waals surface area contributed by atoms with Gasteiger partial charge in [0.05, 0.1) is 7.59 Å². The van der Waals surface area contributed by atoms with Crippen LogP contribution in [-0.2, 0) is 0 Å². The summed E-state index contributed by atoms with van der Waals surface area (Å²) in [5.74, 6) is 5.16. The number of terminal acetylenes is 1. The molecule has 0 aliphatic rings. The van der Waals surface area contributed by atoms with Crippen LogP contribution >= 0.6 is 0 Å². The van der Waals surface area contributed by atoms with Gasteiger partial charge >= 0.3 is 0 Å². The Kier molecular flexibility index (Phi) is 3.17. The molecule has 0 nitrogen and oxygen atoms in total. The molecular weight excluding hydrogens is 164 g/mol. The molecule has 60 valence electrons. The van der Waals surface area contributed by atoms with Crippen LogP contribution < -0.4 is 0 Å². The molecule has 0 aliphatic carbocycles. The lowest BCUT2D eigenvalue weighted by Gasteiger charge is -2.29. The highest BCUT2D eigenvalue weighted by atomic mass is 29.3. The average Bonchev–Trinajstić information content (AvgIpc) is 1.81. The summed E-state index contributed by atoms with van der Waals surface area (Å²) in [6.07, 6.45) is 5.09. The van der Waals surface area contributed by atoms with Crippen molar-refractivity contribution in [2.75, 3.05) is 0 Å². The summed E-state index contributed by atoms with van der Waals surface area (Å²) in [5, 5.41) is 0. The summed E-state index contributed by atoms with van der Waals surface area (Å²) in [6.45, 7) is 11.7. The molecule has 0 N–H and O–H groups in total. The topological polar surface area (TPSA) is 0 Å². The number of hydrogen-bond acceptors (Lipinski definition) is 0. The van der Waals surface area contributed by atoms with Gasteiger partial charge in [-0.1, -0.05) is 32.7 Å². The van der Waals surface area contributed by atoms with Crippen LogP contribution in [0.5, 0.6) is 0 Å². The molecule has 0 saturated heterocycles. The normalized spacial score (nSPS) is 11.3. The van der Waals surface area contributed by atoms with Crippen molar-refractivity contribution in [3.8, 4) is 23.8 Å². The molecule has 0 aromatic heterocycles. The molecule has 0 heterocycles. The zero-order valence-corrected chi connectivity index (χ0v) is 10.1. The first-order valence-corrected chi connectivity index (χ1v) is 11.3. The van der Waals surface area contributed by atoms with E-state index in [0.717, 1.165) is 0 Å². The van der Waals surface area contributed by atoms with E-state index in [1.165, 1.54) is 0 Å². The quantitative estimate of drug-likeness (QED) is 0.429. The van der Waals surface area contributed by atoms with Crippen molar-refractivity contribution in [2.45, 2.75) is 32.7 Å². The maximum absolute atomic E-state index is 5.09. The Morgan fingerprint density at radius 3 is 1.73 bits per heavy atom. The van der Waals surface area contributed by atoms with Crippen molar-refractivity contribution >= 4 is 15.2 Å². The predicted molar refractivity (Wildman–Crippen MR) is 57.4 cm³/mol.